The summed E-state index contributed by atoms with van der Waals surface area (Å²) >= 11 is 0. The number of benzene rings is 1. The van der Waals surface area contributed by atoms with E-state index in [0.29, 0.717) is 6.54 Å². The van der Waals surface area contributed by atoms with Crippen molar-refractivity contribution in [3.63, 3.8) is 0 Å². The first-order valence-corrected chi connectivity index (χ1v) is 5.95. The lowest BCUT2D eigenvalue weighted by Gasteiger charge is -2.08. The Morgan fingerprint density at radius 3 is 2.76 bits per heavy atom. The van der Waals surface area contributed by atoms with Gasteiger partial charge >= 0.3 is 0 Å². The molecule has 17 heavy (non-hydrogen) atoms. The number of ether oxygens (including phenoxy) is 1. The van der Waals surface area contributed by atoms with Crippen molar-refractivity contribution in [2.75, 3.05) is 26.7 Å². The molecule has 0 saturated heterocycles. The first kappa shape index (κ1) is 14.0. The second kappa shape index (κ2) is 8.06. The van der Waals surface area contributed by atoms with Gasteiger partial charge in [0.2, 0.25) is 0 Å². The van der Waals surface area contributed by atoms with E-state index in [0.717, 1.165) is 25.4 Å². The maximum absolute atomic E-state index is 9.05. The Hall–Kier alpha value is -1.10. The third kappa shape index (κ3) is 6.26. The lowest BCUT2D eigenvalue weighted by molar-refractivity contribution is 0.191. The maximum atomic E-state index is 9.05. The topological polar surface area (TPSA) is 53.5 Å². The van der Waals surface area contributed by atoms with Gasteiger partial charge in [-0.15, -0.1) is 0 Å². The molecule has 0 aliphatic heterocycles. The zero-order chi connectivity index (χ0) is 12.5. The lowest BCUT2D eigenvalue weighted by atomic mass is 10.2. The van der Waals surface area contributed by atoms with Crippen LogP contribution in [0.25, 0.3) is 0 Å². The van der Waals surface area contributed by atoms with E-state index < -0.39 is 0 Å². The molecule has 0 aromatic heterocycles. The van der Waals surface area contributed by atoms with Crippen LogP contribution < -0.4 is 15.4 Å². The van der Waals surface area contributed by atoms with Crippen LogP contribution in [0.15, 0.2) is 24.3 Å². The summed E-state index contributed by atoms with van der Waals surface area (Å²) in [4.78, 5) is 0. The van der Waals surface area contributed by atoms with Crippen LogP contribution in [0.1, 0.15) is 12.5 Å². The summed E-state index contributed by atoms with van der Waals surface area (Å²) in [6.45, 7) is 4.98. The fourth-order valence-electron chi connectivity index (χ4n) is 1.50. The molecule has 0 saturated carbocycles. The summed E-state index contributed by atoms with van der Waals surface area (Å²) in [6, 6.07) is 8.02. The number of aliphatic hydroxyl groups is 1. The van der Waals surface area contributed by atoms with Gasteiger partial charge in [-0.25, -0.2) is 0 Å². The minimum absolute atomic E-state index is 0.284. The van der Waals surface area contributed by atoms with Crippen LogP contribution in [0, 0.1) is 0 Å². The highest BCUT2D eigenvalue weighted by atomic mass is 16.5. The van der Waals surface area contributed by atoms with Gasteiger partial charge in [0.05, 0.1) is 13.2 Å². The minimum Gasteiger partial charge on any atom is -0.497 e. The molecule has 96 valence electrons. The quantitative estimate of drug-likeness (QED) is 0.585. The Balaban J connectivity index is 2.13. The maximum Gasteiger partial charge on any atom is 0.119 e. The van der Waals surface area contributed by atoms with Gasteiger partial charge in [-0.2, -0.15) is 0 Å². The average Bonchev–Trinajstić information content (AvgIpc) is 2.33. The summed E-state index contributed by atoms with van der Waals surface area (Å²) in [5.74, 6) is 0.886. The third-order valence-corrected chi connectivity index (χ3v) is 2.38. The largest absolute Gasteiger partial charge is 0.497 e. The normalized spacial score (nSPS) is 12.4. The highest BCUT2D eigenvalue weighted by Gasteiger charge is 1.96. The molecule has 0 heterocycles. The van der Waals surface area contributed by atoms with E-state index in [9.17, 15) is 0 Å². The molecular formula is C13H22N2O2. The van der Waals surface area contributed by atoms with E-state index >= 15 is 0 Å². The van der Waals surface area contributed by atoms with Gasteiger partial charge in [-0.3, -0.25) is 0 Å². The zero-order valence-electron chi connectivity index (χ0n) is 10.6. The van der Waals surface area contributed by atoms with Gasteiger partial charge in [0.1, 0.15) is 5.75 Å². The molecule has 1 aromatic carbocycles. The molecule has 0 unspecified atom stereocenters. The predicted molar refractivity (Wildman–Crippen MR) is 69.3 cm³/mol. The number of hydrogen-bond donors (Lipinski definition) is 3. The number of aliphatic hydroxyl groups excluding tert-OH is 1. The van der Waals surface area contributed by atoms with Crippen LogP contribution in [0.4, 0.5) is 0 Å². The van der Waals surface area contributed by atoms with Gasteiger partial charge < -0.3 is 20.5 Å². The van der Waals surface area contributed by atoms with Crippen molar-refractivity contribution >= 4 is 0 Å². The number of methoxy groups -OCH3 is 1. The third-order valence-electron chi connectivity index (χ3n) is 2.38. The van der Waals surface area contributed by atoms with Crippen molar-refractivity contribution in [3.8, 4) is 5.75 Å². The standard InChI is InChI=1S/C13H22N2O2/c1-11(16)9-14-6-7-15-10-12-4-3-5-13(8-12)17-2/h3-5,8,11,14-16H,6-7,9-10H2,1-2H3/t11-/m0/s1. The molecule has 0 spiro atoms. The minimum atomic E-state index is -0.284. The molecule has 0 amide bonds. The first-order chi connectivity index (χ1) is 8.22. The van der Waals surface area contributed by atoms with E-state index in [-0.39, 0.29) is 6.10 Å². The van der Waals surface area contributed by atoms with Crippen LogP contribution in [0.3, 0.4) is 0 Å². The Morgan fingerprint density at radius 2 is 2.06 bits per heavy atom. The van der Waals surface area contributed by atoms with Crippen LogP contribution in [-0.4, -0.2) is 38.0 Å². The molecular weight excluding hydrogens is 216 g/mol. The van der Waals surface area contributed by atoms with Gasteiger partial charge in [0.15, 0.2) is 0 Å². The van der Waals surface area contributed by atoms with Crippen molar-refractivity contribution in [1.29, 1.82) is 0 Å². The summed E-state index contributed by atoms with van der Waals surface area (Å²) in [6.07, 6.45) is -0.284. The van der Waals surface area contributed by atoms with Crippen molar-refractivity contribution in [1.82, 2.24) is 10.6 Å². The molecule has 0 aliphatic rings. The van der Waals surface area contributed by atoms with E-state index in [4.69, 9.17) is 9.84 Å². The summed E-state index contributed by atoms with van der Waals surface area (Å²) in [5, 5.41) is 15.5. The summed E-state index contributed by atoms with van der Waals surface area (Å²) in [7, 11) is 1.67. The second-order valence-electron chi connectivity index (χ2n) is 4.08. The number of hydrogen-bond acceptors (Lipinski definition) is 4. The van der Waals surface area contributed by atoms with Crippen molar-refractivity contribution in [2.24, 2.45) is 0 Å². The molecule has 3 N–H and O–H groups in total. The molecule has 0 bridgehead atoms. The molecule has 1 aromatic rings. The summed E-state index contributed by atoms with van der Waals surface area (Å²) in [5.41, 5.74) is 1.21. The van der Waals surface area contributed by atoms with Gasteiger partial charge in [-0.1, -0.05) is 12.1 Å². The fraction of sp³-hybridized carbons (Fsp3) is 0.538. The Labute approximate surface area is 103 Å². The van der Waals surface area contributed by atoms with Crippen LogP contribution >= 0.6 is 0 Å². The van der Waals surface area contributed by atoms with E-state index in [1.807, 2.05) is 18.2 Å². The molecule has 0 radical (unpaired) electrons. The smallest absolute Gasteiger partial charge is 0.119 e. The molecule has 1 rings (SSSR count). The van der Waals surface area contributed by atoms with Crippen molar-refractivity contribution in [2.45, 2.75) is 19.6 Å². The van der Waals surface area contributed by atoms with E-state index in [2.05, 4.69) is 16.7 Å². The van der Waals surface area contributed by atoms with Crippen molar-refractivity contribution < 1.29 is 9.84 Å². The Bertz CT molecular complexity index is 316. The number of nitrogens with one attached hydrogen (secondary N) is 2. The summed E-state index contributed by atoms with van der Waals surface area (Å²) < 4.78 is 5.16. The van der Waals surface area contributed by atoms with E-state index in [1.165, 1.54) is 5.56 Å². The lowest BCUT2D eigenvalue weighted by Crippen LogP contribution is -2.31. The van der Waals surface area contributed by atoms with Crippen LogP contribution in [0.5, 0.6) is 5.75 Å². The SMILES string of the molecule is COc1cccc(CNCCNC[C@H](C)O)c1. The molecule has 4 heteroatoms. The highest BCUT2D eigenvalue weighted by Crippen LogP contribution is 2.11. The van der Waals surface area contributed by atoms with Crippen LogP contribution in [-0.2, 0) is 6.54 Å². The Kier molecular flexibility index (Phi) is 6.62. The average molecular weight is 238 g/mol. The molecule has 0 fully saturated rings. The van der Waals surface area contributed by atoms with Gasteiger partial charge in [0.25, 0.3) is 0 Å². The molecule has 0 aliphatic carbocycles. The van der Waals surface area contributed by atoms with Gasteiger partial charge in [-0.05, 0) is 24.6 Å². The number of rotatable bonds is 8. The predicted octanol–water partition coefficient (Wildman–Crippen LogP) is 0.755. The van der Waals surface area contributed by atoms with Crippen molar-refractivity contribution in [3.05, 3.63) is 29.8 Å². The first-order valence-electron chi connectivity index (χ1n) is 5.95. The molecule has 4 nitrogen and oxygen atoms in total. The molecule has 1 atom stereocenters. The van der Waals surface area contributed by atoms with Gasteiger partial charge in [0, 0.05) is 26.2 Å². The monoisotopic (exact) mass is 238 g/mol. The van der Waals surface area contributed by atoms with E-state index in [1.54, 1.807) is 14.0 Å². The van der Waals surface area contributed by atoms with Crippen LogP contribution in [0.2, 0.25) is 0 Å². The Morgan fingerprint density at radius 1 is 1.29 bits per heavy atom. The second-order valence-corrected chi connectivity index (χ2v) is 4.08. The highest BCUT2D eigenvalue weighted by molar-refractivity contribution is 5.28. The zero-order valence-corrected chi connectivity index (χ0v) is 10.6. The fourth-order valence-corrected chi connectivity index (χ4v) is 1.50.